The van der Waals surface area contributed by atoms with E-state index in [0.717, 1.165) is 25.9 Å². The summed E-state index contributed by atoms with van der Waals surface area (Å²) in [4.78, 5) is 37.2. The van der Waals surface area contributed by atoms with Gasteiger partial charge in [-0.3, -0.25) is 19.3 Å². The van der Waals surface area contributed by atoms with Gasteiger partial charge in [-0.15, -0.1) is 24.8 Å². The molecule has 1 aromatic rings. The maximum Gasteiger partial charge on any atom is 0.243 e. The SMILES string of the molecule is Cl.Cl.NCC(=O)NCC(=O)Nc1ccc(NC(=O)CN2CCCCCCC2)cc1. The molecule has 0 atom stereocenters. The molecule has 10 heteroatoms. The van der Waals surface area contributed by atoms with Crippen molar-refractivity contribution in [3.63, 3.8) is 0 Å². The van der Waals surface area contributed by atoms with Gasteiger partial charge in [0.1, 0.15) is 0 Å². The summed E-state index contributed by atoms with van der Waals surface area (Å²) in [6, 6.07) is 6.88. The van der Waals surface area contributed by atoms with Crippen LogP contribution in [0.3, 0.4) is 0 Å². The van der Waals surface area contributed by atoms with E-state index in [-0.39, 0.29) is 55.6 Å². The largest absolute Gasteiger partial charge is 0.346 e. The van der Waals surface area contributed by atoms with Crippen LogP contribution in [0.4, 0.5) is 11.4 Å². The number of nitrogens with two attached hydrogens (primary N) is 1. The highest BCUT2D eigenvalue weighted by Gasteiger charge is 2.12. The highest BCUT2D eigenvalue weighted by molar-refractivity contribution is 5.95. The van der Waals surface area contributed by atoms with E-state index in [1.807, 2.05) is 0 Å². The second-order valence-corrected chi connectivity index (χ2v) is 6.70. The van der Waals surface area contributed by atoms with Crippen LogP contribution in [0.15, 0.2) is 24.3 Å². The zero-order valence-electron chi connectivity index (χ0n) is 16.4. The Kier molecular flexibility index (Phi) is 14.1. The molecule has 0 unspecified atom stereocenters. The molecule has 0 aromatic heterocycles. The fourth-order valence-electron chi connectivity index (χ4n) is 2.97. The molecule has 164 valence electrons. The maximum atomic E-state index is 12.2. The number of nitrogens with one attached hydrogen (secondary N) is 3. The van der Waals surface area contributed by atoms with E-state index < -0.39 is 0 Å². The molecule has 0 bridgehead atoms. The van der Waals surface area contributed by atoms with Crippen molar-refractivity contribution < 1.29 is 14.4 Å². The van der Waals surface area contributed by atoms with Gasteiger partial charge in [0, 0.05) is 11.4 Å². The summed E-state index contributed by atoms with van der Waals surface area (Å²) >= 11 is 0. The third-order valence-electron chi connectivity index (χ3n) is 4.40. The molecule has 0 radical (unpaired) electrons. The summed E-state index contributed by atoms with van der Waals surface area (Å²) in [6.45, 7) is 2.06. The summed E-state index contributed by atoms with van der Waals surface area (Å²) in [7, 11) is 0. The van der Waals surface area contributed by atoms with Crippen molar-refractivity contribution >= 4 is 53.9 Å². The van der Waals surface area contributed by atoms with Crippen LogP contribution in [0.25, 0.3) is 0 Å². The van der Waals surface area contributed by atoms with Crippen LogP contribution >= 0.6 is 24.8 Å². The third kappa shape index (κ3) is 11.0. The Morgan fingerprint density at radius 1 is 0.793 bits per heavy atom. The minimum absolute atomic E-state index is 0. The zero-order chi connectivity index (χ0) is 19.5. The number of hydrogen-bond acceptors (Lipinski definition) is 5. The highest BCUT2D eigenvalue weighted by atomic mass is 35.5. The highest BCUT2D eigenvalue weighted by Crippen LogP contribution is 2.14. The first-order chi connectivity index (χ1) is 13.1. The van der Waals surface area contributed by atoms with Crippen LogP contribution in [0.2, 0.25) is 0 Å². The number of likely N-dealkylation sites (tertiary alicyclic amines) is 1. The molecule has 3 amide bonds. The van der Waals surface area contributed by atoms with Gasteiger partial charge in [0.05, 0.1) is 19.6 Å². The standard InChI is InChI=1S/C19H29N5O3.2ClH/c20-12-17(25)21-13-18(26)22-15-6-8-16(9-7-15)23-19(27)14-24-10-4-2-1-3-5-11-24;;/h6-9H,1-5,10-14,20H2,(H,21,25)(H,22,26)(H,23,27);2*1H. The molecular formula is C19H31Cl2N5O3. The Hall–Kier alpha value is -1.87. The van der Waals surface area contributed by atoms with Crippen molar-refractivity contribution in [1.29, 1.82) is 0 Å². The zero-order valence-corrected chi connectivity index (χ0v) is 18.1. The summed E-state index contributed by atoms with van der Waals surface area (Å²) in [5.41, 5.74) is 6.43. The predicted molar refractivity (Wildman–Crippen MR) is 120 cm³/mol. The number of halogens is 2. The van der Waals surface area contributed by atoms with Crippen molar-refractivity contribution in [3.05, 3.63) is 24.3 Å². The molecule has 1 saturated heterocycles. The Morgan fingerprint density at radius 2 is 1.28 bits per heavy atom. The number of nitrogens with zero attached hydrogens (tertiary/aromatic N) is 1. The van der Waals surface area contributed by atoms with Gasteiger partial charge in [0.15, 0.2) is 0 Å². The second-order valence-electron chi connectivity index (χ2n) is 6.70. The van der Waals surface area contributed by atoms with E-state index in [1.165, 1.54) is 19.3 Å². The van der Waals surface area contributed by atoms with Crippen LogP contribution in [-0.2, 0) is 14.4 Å². The molecule has 1 aromatic carbocycles. The molecule has 5 N–H and O–H groups in total. The van der Waals surface area contributed by atoms with Crippen LogP contribution in [0.1, 0.15) is 32.1 Å². The van der Waals surface area contributed by atoms with Gasteiger partial charge in [-0.25, -0.2) is 0 Å². The van der Waals surface area contributed by atoms with E-state index >= 15 is 0 Å². The molecule has 0 spiro atoms. The van der Waals surface area contributed by atoms with Crippen molar-refractivity contribution in [1.82, 2.24) is 10.2 Å². The molecule has 29 heavy (non-hydrogen) atoms. The average Bonchev–Trinajstić information content (AvgIpc) is 2.63. The van der Waals surface area contributed by atoms with Gasteiger partial charge in [-0.2, -0.15) is 0 Å². The van der Waals surface area contributed by atoms with E-state index in [9.17, 15) is 14.4 Å². The number of carbonyl (C=O) groups is 3. The number of amides is 3. The predicted octanol–water partition coefficient (Wildman–Crippen LogP) is 1.75. The van der Waals surface area contributed by atoms with Crippen molar-refractivity contribution in [2.45, 2.75) is 32.1 Å². The van der Waals surface area contributed by atoms with Gasteiger partial charge >= 0.3 is 0 Å². The first-order valence-electron chi connectivity index (χ1n) is 9.45. The van der Waals surface area contributed by atoms with E-state index in [1.54, 1.807) is 24.3 Å². The smallest absolute Gasteiger partial charge is 0.243 e. The first-order valence-corrected chi connectivity index (χ1v) is 9.45. The second kappa shape index (κ2) is 15.0. The van der Waals surface area contributed by atoms with Gasteiger partial charge in [0.25, 0.3) is 0 Å². The quantitative estimate of drug-likeness (QED) is 0.507. The third-order valence-corrected chi connectivity index (χ3v) is 4.40. The lowest BCUT2D eigenvalue weighted by Gasteiger charge is -2.23. The van der Waals surface area contributed by atoms with Gasteiger partial charge in [-0.05, 0) is 50.2 Å². The molecule has 8 nitrogen and oxygen atoms in total. The molecule has 1 aliphatic rings. The van der Waals surface area contributed by atoms with E-state index in [2.05, 4.69) is 20.9 Å². The lowest BCUT2D eigenvalue weighted by atomic mass is 10.1. The first kappa shape index (κ1) is 27.1. The molecule has 1 fully saturated rings. The van der Waals surface area contributed by atoms with Crippen LogP contribution in [0.5, 0.6) is 0 Å². The number of hydrogen-bond donors (Lipinski definition) is 4. The lowest BCUT2D eigenvalue weighted by molar-refractivity contribution is -0.123. The van der Waals surface area contributed by atoms with E-state index in [0.29, 0.717) is 17.9 Å². The fourth-order valence-corrected chi connectivity index (χ4v) is 2.97. The average molecular weight is 448 g/mol. The molecule has 0 saturated carbocycles. The summed E-state index contributed by atoms with van der Waals surface area (Å²) in [5.74, 6) is -0.759. The summed E-state index contributed by atoms with van der Waals surface area (Å²) < 4.78 is 0. The monoisotopic (exact) mass is 447 g/mol. The van der Waals surface area contributed by atoms with Crippen molar-refractivity contribution in [2.75, 3.05) is 43.4 Å². The minimum Gasteiger partial charge on any atom is -0.346 e. The molecule has 0 aliphatic carbocycles. The van der Waals surface area contributed by atoms with Crippen LogP contribution < -0.4 is 21.7 Å². The van der Waals surface area contributed by atoms with Crippen LogP contribution in [0, 0.1) is 0 Å². The fraction of sp³-hybridized carbons (Fsp3) is 0.526. The maximum absolute atomic E-state index is 12.2. The van der Waals surface area contributed by atoms with E-state index in [4.69, 9.17) is 5.73 Å². The Bertz CT molecular complexity index is 635. The van der Waals surface area contributed by atoms with Gasteiger partial charge in [-0.1, -0.05) is 19.3 Å². The Labute approximate surface area is 184 Å². The van der Waals surface area contributed by atoms with Gasteiger partial charge < -0.3 is 21.7 Å². The Balaban J connectivity index is 0.00000392. The summed E-state index contributed by atoms with van der Waals surface area (Å²) in [5, 5.41) is 7.95. The number of carbonyl (C=O) groups excluding carboxylic acids is 3. The summed E-state index contributed by atoms with van der Waals surface area (Å²) in [6.07, 6.45) is 6.06. The topological polar surface area (TPSA) is 117 Å². The number of anilines is 2. The molecule has 1 aliphatic heterocycles. The van der Waals surface area contributed by atoms with Gasteiger partial charge in [0.2, 0.25) is 17.7 Å². The number of rotatable bonds is 7. The number of benzene rings is 1. The lowest BCUT2D eigenvalue weighted by Crippen LogP contribution is -2.36. The Morgan fingerprint density at radius 3 is 1.79 bits per heavy atom. The molecular weight excluding hydrogens is 417 g/mol. The van der Waals surface area contributed by atoms with Crippen LogP contribution in [-0.4, -0.2) is 55.3 Å². The molecule has 1 heterocycles. The normalized spacial score (nSPS) is 14.2. The minimum atomic E-state index is -0.386. The van der Waals surface area contributed by atoms with Crippen molar-refractivity contribution in [3.8, 4) is 0 Å². The molecule has 2 rings (SSSR count). The van der Waals surface area contributed by atoms with Crippen molar-refractivity contribution in [2.24, 2.45) is 5.73 Å².